The van der Waals surface area contributed by atoms with Crippen molar-refractivity contribution in [2.75, 3.05) is 0 Å². The van der Waals surface area contributed by atoms with Gasteiger partial charge in [0.2, 0.25) is 0 Å². The van der Waals surface area contributed by atoms with Gasteiger partial charge in [-0.25, -0.2) is 0 Å². The van der Waals surface area contributed by atoms with Crippen LogP contribution in [-0.4, -0.2) is 47.1 Å². The van der Waals surface area contributed by atoms with Crippen LogP contribution < -0.4 is 32.8 Å². The van der Waals surface area contributed by atoms with Crippen molar-refractivity contribution in [3.63, 3.8) is 0 Å². The zero-order valence-electron chi connectivity index (χ0n) is 38.2. The summed E-state index contributed by atoms with van der Waals surface area (Å²) >= 11 is 0. The molecule has 68 heavy (non-hydrogen) atoms. The fourth-order valence-electron chi connectivity index (χ4n) is 11.1. The van der Waals surface area contributed by atoms with E-state index in [-0.39, 0.29) is 16.3 Å². The molecular formula is C62H38B6. The van der Waals surface area contributed by atoms with E-state index >= 15 is 0 Å². The predicted molar refractivity (Wildman–Crippen MR) is 302 cm³/mol. The minimum absolute atomic E-state index is 0.124. The number of benzene rings is 12. The molecule has 0 amide bonds. The van der Waals surface area contributed by atoms with E-state index in [0.29, 0.717) is 43.8 Å². The Morgan fingerprint density at radius 2 is 0.603 bits per heavy atom. The molecule has 0 aliphatic heterocycles. The van der Waals surface area contributed by atoms with E-state index in [2.05, 4.69) is 185 Å². The first kappa shape index (κ1) is 42.2. The molecule has 0 aromatic heterocycles. The van der Waals surface area contributed by atoms with Crippen LogP contribution in [0.15, 0.2) is 176 Å². The van der Waals surface area contributed by atoms with Gasteiger partial charge >= 0.3 is 0 Å². The molecule has 0 saturated heterocycles. The van der Waals surface area contributed by atoms with E-state index < -0.39 is 0 Å². The van der Waals surface area contributed by atoms with Gasteiger partial charge in [0.05, 0.1) is 0 Å². The maximum atomic E-state index is 7.52. The van der Waals surface area contributed by atoms with Crippen molar-refractivity contribution < 1.29 is 0 Å². The van der Waals surface area contributed by atoms with Gasteiger partial charge in [0.1, 0.15) is 47.1 Å². The molecule has 0 aliphatic carbocycles. The standard InChI is InChI=1S/C62H38B6/c1-62(2,3)39-28-29-46-47(32-39)49(38-27-25-34-15-5-7-17-36(34)31-38)42-20-10-13-23-45(42)51(46)53-57(64)55-54(61(68)59(53)66)56(63)52(58(65)60(55)67)50-43-21-11-8-18-40(43)48(41-19-9-12-22-44(41)50)37-26-24-33-14-4-6-16-35(33)30-37/h4-32H,1-3H3. The van der Waals surface area contributed by atoms with Crippen LogP contribution in [0.1, 0.15) is 26.3 Å². The Labute approximate surface area is 405 Å². The van der Waals surface area contributed by atoms with Crippen molar-refractivity contribution in [3.8, 4) is 44.5 Å². The predicted octanol–water partition coefficient (Wildman–Crippen LogP) is 10.5. The molecular weight excluding hydrogens is 810 g/mol. The van der Waals surface area contributed by atoms with Gasteiger partial charge in [-0.05, 0) is 149 Å². The fraction of sp³-hybridized carbons (Fsp3) is 0.0645. The lowest BCUT2D eigenvalue weighted by Gasteiger charge is -2.29. The summed E-state index contributed by atoms with van der Waals surface area (Å²) in [5.74, 6) is 0. The summed E-state index contributed by atoms with van der Waals surface area (Å²) in [4.78, 5) is 0. The largest absolute Gasteiger partial charge is 0.115 e. The maximum absolute atomic E-state index is 7.52. The average Bonchev–Trinajstić information content (AvgIpc) is 3.35. The molecule has 0 bridgehead atoms. The Morgan fingerprint density at radius 1 is 0.265 bits per heavy atom. The highest BCUT2D eigenvalue weighted by molar-refractivity contribution is 6.69. The molecule has 0 saturated carbocycles. The van der Waals surface area contributed by atoms with Gasteiger partial charge < -0.3 is 0 Å². The summed E-state index contributed by atoms with van der Waals surface area (Å²) in [5.41, 5.74) is 10.4. The van der Waals surface area contributed by atoms with Crippen LogP contribution in [0.25, 0.3) is 120 Å². The van der Waals surface area contributed by atoms with Crippen molar-refractivity contribution in [2.45, 2.75) is 26.2 Å². The molecule has 12 aromatic rings. The smallest absolute Gasteiger partial charge is 0.0959 e. The van der Waals surface area contributed by atoms with Crippen molar-refractivity contribution in [2.24, 2.45) is 0 Å². The summed E-state index contributed by atoms with van der Waals surface area (Å²) < 4.78 is 0. The van der Waals surface area contributed by atoms with E-state index in [4.69, 9.17) is 47.1 Å². The SMILES string of the molecule is [B]c1c(-c2c3ccccc3c(-c3ccc4ccccc4c3)c3cc(C(C)(C)C)ccc23)c([B])c2c([B])c([B])c(-c3c4ccccc4c(-c4ccc5ccccc5c4)c4ccccc34)c([B])c2c1[B]. The molecule has 304 valence electrons. The van der Waals surface area contributed by atoms with Gasteiger partial charge in [0.15, 0.2) is 0 Å². The third kappa shape index (κ3) is 6.30. The van der Waals surface area contributed by atoms with Crippen LogP contribution in [0.5, 0.6) is 0 Å². The molecule has 0 aliphatic rings. The quantitative estimate of drug-likeness (QED) is 0.122. The molecule has 12 rings (SSSR count). The molecule has 0 N–H and O–H groups in total. The molecule has 0 atom stereocenters. The Bertz CT molecular complexity index is 4080. The third-order valence-electron chi connectivity index (χ3n) is 14.4. The molecule has 12 radical (unpaired) electrons. The Kier molecular flexibility index (Phi) is 9.76. The van der Waals surface area contributed by atoms with Crippen LogP contribution in [0.2, 0.25) is 0 Å². The summed E-state index contributed by atoms with van der Waals surface area (Å²) in [5, 5.41) is 13.8. The molecule has 0 fully saturated rings. The van der Waals surface area contributed by atoms with E-state index in [9.17, 15) is 0 Å². The number of hydrogen-bond acceptors (Lipinski definition) is 0. The lowest BCUT2D eigenvalue weighted by Crippen LogP contribution is -2.44. The van der Waals surface area contributed by atoms with Crippen molar-refractivity contribution in [1.82, 2.24) is 0 Å². The van der Waals surface area contributed by atoms with Crippen LogP contribution in [0.4, 0.5) is 0 Å². The van der Waals surface area contributed by atoms with Crippen molar-refractivity contribution >= 4 is 155 Å². The van der Waals surface area contributed by atoms with E-state index in [0.717, 1.165) is 76.5 Å². The van der Waals surface area contributed by atoms with Gasteiger partial charge in [-0.1, -0.05) is 211 Å². The second kappa shape index (κ2) is 15.7. The third-order valence-corrected chi connectivity index (χ3v) is 14.4. The van der Waals surface area contributed by atoms with Crippen LogP contribution >= 0.6 is 0 Å². The first-order valence-corrected chi connectivity index (χ1v) is 23.1. The van der Waals surface area contributed by atoms with Crippen LogP contribution in [0, 0.1) is 0 Å². The van der Waals surface area contributed by atoms with E-state index in [1.807, 2.05) is 12.1 Å². The topological polar surface area (TPSA) is 0 Å². The Hall–Kier alpha value is -7.15. The monoisotopic (exact) mass is 848 g/mol. The normalized spacial score (nSPS) is 12.1. The lowest BCUT2D eigenvalue weighted by atomic mass is 9.59. The van der Waals surface area contributed by atoms with Gasteiger partial charge in [0.25, 0.3) is 0 Å². The first-order chi connectivity index (χ1) is 32.9. The number of rotatable bonds is 4. The number of hydrogen-bond donors (Lipinski definition) is 0. The second-order valence-electron chi connectivity index (χ2n) is 19.3. The molecule has 12 aromatic carbocycles. The minimum Gasteiger partial charge on any atom is -0.0959 e. The zero-order valence-corrected chi connectivity index (χ0v) is 38.2. The van der Waals surface area contributed by atoms with E-state index in [1.54, 1.807) is 0 Å². The highest BCUT2D eigenvalue weighted by Crippen LogP contribution is 2.46. The van der Waals surface area contributed by atoms with Crippen molar-refractivity contribution in [1.29, 1.82) is 0 Å². The highest BCUT2D eigenvalue weighted by Gasteiger charge is 2.27. The average molecular weight is 848 g/mol. The maximum Gasteiger partial charge on any atom is 0.115 e. The minimum atomic E-state index is -0.124. The van der Waals surface area contributed by atoms with Gasteiger partial charge in [-0.3, -0.25) is 0 Å². The Morgan fingerprint density at radius 3 is 1.00 bits per heavy atom. The van der Waals surface area contributed by atoms with Crippen molar-refractivity contribution in [3.05, 3.63) is 181 Å². The molecule has 0 nitrogen and oxygen atoms in total. The van der Waals surface area contributed by atoms with E-state index in [1.165, 1.54) is 27.1 Å². The fourth-order valence-corrected chi connectivity index (χ4v) is 11.1. The van der Waals surface area contributed by atoms with Gasteiger partial charge in [-0.15, -0.1) is 0 Å². The highest BCUT2D eigenvalue weighted by atomic mass is 14.3. The lowest BCUT2D eigenvalue weighted by molar-refractivity contribution is 0.591. The van der Waals surface area contributed by atoms with Crippen LogP contribution in [-0.2, 0) is 5.41 Å². The molecule has 6 heteroatoms. The zero-order chi connectivity index (χ0) is 46.7. The first-order valence-electron chi connectivity index (χ1n) is 23.1. The summed E-state index contributed by atoms with van der Waals surface area (Å²) in [7, 11) is 44.4. The summed E-state index contributed by atoms with van der Waals surface area (Å²) in [6.45, 7) is 6.72. The molecule has 0 spiro atoms. The van der Waals surface area contributed by atoms with Gasteiger partial charge in [-0.2, -0.15) is 0 Å². The number of fused-ring (bicyclic) bond motifs is 7. The molecule has 0 heterocycles. The van der Waals surface area contributed by atoms with Gasteiger partial charge in [0, 0.05) is 0 Å². The second-order valence-corrected chi connectivity index (χ2v) is 19.3. The van der Waals surface area contributed by atoms with Crippen LogP contribution in [0.3, 0.4) is 0 Å². The molecule has 0 unspecified atom stereocenters. The summed E-state index contributed by atoms with van der Waals surface area (Å²) in [6, 6.07) is 62.2. The summed E-state index contributed by atoms with van der Waals surface area (Å²) in [6.07, 6.45) is 0. The Balaban J connectivity index is 1.15.